The van der Waals surface area contributed by atoms with Crippen LogP contribution in [0.15, 0.2) is 59.6 Å². The van der Waals surface area contributed by atoms with Gasteiger partial charge in [0, 0.05) is 26.7 Å². The average Bonchev–Trinajstić information content (AvgIpc) is 2.65. The lowest BCUT2D eigenvalue weighted by Gasteiger charge is -2.12. The van der Waals surface area contributed by atoms with Crippen LogP contribution < -0.4 is 15.4 Å². The molecule has 9 heteroatoms. The van der Waals surface area contributed by atoms with Crippen molar-refractivity contribution in [2.75, 3.05) is 19.3 Å². The summed E-state index contributed by atoms with van der Waals surface area (Å²) in [5, 5.41) is 6.00. The van der Waals surface area contributed by atoms with Crippen LogP contribution in [0.3, 0.4) is 0 Å². The highest BCUT2D eigenvalue weighted by molar-refractivity contribution is 14.0. The van der Waals surface area contributed by atoms with Gasteiger partial charge in [-0.2, -0.15) is 0 Å². The Morgan fingerprint density at radius 1 is 0.963 bits per heavy atom. The van der Waals surface area contributed by atoms with Crippen molar-refractivity contribution in [1.82, 2.24) is 15.4 Å². The Bertz CT molecular complexity index is 815. The minimum absolute atomic E-state index is 0. The molecule has 0 fully saturated rings. The number of nitrogens with zero attached hydrogens (tertiary/aromatic N) is 1. The molecule has 0 saturated heterocycles. The van der Waals surface area contributed by atoms with Crippen molar-refractivity contribution < 1.29 is 12.8 Å². The van der Waals surface area contributed by atoms with E-state index in [0.717, 1.165) is 11.1 Å². The Morgan fingerprint density at radius 2 is 1.59 bits per heavy atom. The molecule has 2 aromatic rings. The summed E-state index contributed by atoms with van der Waals surface area (Å²) < 4.78 is 39.5. The molecule has 0 spiro atoms. The third-order valence-electron chi connectivity index (χ3n) is 3.60. The molecule has 148 valence electrons. The third-order valence-corrected chi connectivity index (χ3v) is 4.92. The molecule has 0 aliphatic rings. The first-order chi connectivity index (χ1) is 12.5. The summed E-state index contributed by atoms with van der Waals surface area (Å²) >= 11 is 0. The van der Waals surface area contributed by atoms with Gasteiger partial charge in [0.15, 0.2) is 5.96 Å². The zero-order chi connectivity index (χ0) is 18.8. The topological polar surface area (TPSA) is 82.6 Å². The van der Waals surface area contributed by atoms with Crippen molar-refractivity contribution in [3.05, 3.63) is 71.5 Å². The van der Waals surface area contributed by atoms with E-state index in [4.69, 9.17) is 0 Å². The van der Waals surface area contributed by atoms with Gasteiger partial charge in [0.2, 0.25) is 10.0 Å². The molecule has 0 aliphatic carbocycles. The Labute approximate surface area is 176 Å². The molecule has 6 nitrogen and oxygen atoms in total. The van der Waals surface area contributed by atoms with E-state index in [1.54, 1.807) is 19.2 Å². The van der Waals surface area contributed by atoms with Crippen LogP contribution in [0.2, 0.25) is 0 Å². The van der Waals surface area contributed by atoms with Gasteiger partial charge in [-0.15, -0.1) is 24.0 Å². The zero-order valence-electron chi connectivity index (χ0n) is 15.0. The number of aliphatic imine (C=N–C) groups is 1. The summed E-state index contributed by atoms with van der Waals surface area (Å²) in [4.78, 5) is 4.04. The molecular formula is C18H24FIN4O2S. The Balaban J connectivity index is 0.00000364. The standard InChI is InChI=1S/C18H23FN4O2S.HI/c1-20-18(22-13-16-7-9-17(19)10-8-16)21-11-12-26(24,25)23-14-15-5-3-2-4-6-15;/h2-10,23H,11-14H2,1H3,(H2,20,21,22);1H. The number of nitrogens with one attached hydrogen (secondary N) is 3. The molecule has 0 aromatic heterocycles. The lowest BCUT2D eigenvalue weighted by Crippen LogP contribution is -2.40. The van der Waals surface area contributed by atoms with Gasteiger partial charge in [0.1, 0.15) is 5.82 Å². The van der Waals surface area contributed by atoms with Gasteiger partial charge in [-0.05, 0) is 23.3 Å². The maximum atomic E-state index is 12.9. The third kappa shape index (κ3) is 9.16. The van der Waals surface area contributed by atoms with Crippen LogP contribution in [0.4, 0.5) is 4.39 Å². The summed E-state index contributed by atoms with van der Waals surface area (Å²) in [6, 6.07) is 15.5. The fraction of sp³-hybridized carbons (Fsp3) is 0.278. The normalized spacial score (nSPS) is 11.6. The van der Waals surface area contributed by atoms with Crippen molar-refractivity contribution >= 4 is 40.0 Å². The van der Waals surface area contributed by atoms with Gasteiger partial charge in [0.05, 0.1) is 5.75 Å². The molecule has 2 rings (SSSR count). The van der Waals surface area contributed by atoms with Crippen LogP contribution in [-0.4, -0.2) is 33.7 Å². The van der Waals surface area contributed by atoms with Crippen molar-refractivity contribution in [2.24, 2.45) is 4.99 Å². The largest absolute Gasteiger partial charge is 0.355 e. The second-order valence-corrected chi connectivity index (χ2v) is 7.53. The van der Waals surface area contributed by atoms with Gasteiger partial charge in [0.25, 0.3) is 0 Å². The van der Waals surface area contributed by atoms with Gasteiger partial charge in [-0.1, -0.05) is 42.5 Å². The van der Waals surface area contributed by atoms with Crippen LogP contribution in [0.1, 0.15) is 11.1 Å². The van der Waals surface area contributed by atoms with E-state index in [2.05, 4.69) is 20.3 Å². The van der Waals surface area contributed by atoms with Gasteiger partial charge < -0.3 is 10.6 Å². The molecule has 0 unspecified atom stereocenters. The first-order valence-corrected chi connectivity index (χ1v) is 9.84. The van der Waals surface area contributed by atoms with Crippen LogP contribution in [0.25, 0.3) is 0 Å². The molecule has 0 bridgehead atoms. The molecule has 0 radical (unpaired) electrons. The van der Waals surface area contributed by atoms with Crippen LogP contribution in [0.5, 0.6) is 0 Å². The van der Waals surface area contributed by atoms with E-state index in [9.17, 15) is 12.8 Å². The van der Waals surface area contributed by atoms with E-state index in [-0.39, 0.29) is 48.6 Å². The molecule has 3 N–H and O–H groups in total. The first-order valence-electron chi connectivity index (χ1n) is 8.19. The van der Waals surface area contributed by atoms with Crippen molar-refractivity contribution in [1.29, 1.82) is 0 Å². The van der Waals surface area contributed by atoms with Crippen molar-refractivity contribution in [3.63, 3.8) is 0 Å². The van der Waals surface area contributed by atoms with E-state index in [0.29, 0.717) is 12.5 Å². The number of halogens is 2. The van der Waals surface area contributed by atoms with E-state index < -0.39 is 10.0 Å². The molecule has 0 amide bonds. The zero-order valence-corrected chi connectivity index (χ0v) is 18.1. The van der Waals surface area contributed by atoms with Crippen LogP contribution >= 0.6 is 24.0 Å². The molecule has 27 heavy (non-hydrogen) atoms. The summed E-state index contributed by atoms with van der Waals surface area (Å²) in [6.07, 6.45) is 0. The first kappa shape index (κ1) is 23.3. The van der Waals surface area contributed by atoms with E-state index in [1.807, 2.05) is 30.3 Å². The number of guanidine groups is 1. The fourth-order valence-electron chi connectivity index (χ4n) is 2.17. The number of hydrogen-bond donors (Lipinski definition) is 3. The average molecular weight is 506 g/mol. The SMILES string of the molecule is CN=C(NCCS(=O)(=O)NCc1ccccc1)NCc1ccc(F)cc1.I. The second kappa shape index (κ2) is 11.9. The van der Waals surface area contributed by atoms with Crippen molar-refractivity contribution in [2.45, 2.75) is 13.1 Å². The number of hydrogen-bond acceptors (Lipinski definition) is 3. The smallest absolute Gasteiger partial charge is 0.213 e. The van der Waals surface area contributed by atoms with Gasteiger partial charge in [-0.3, -0.25) is 4.99 Å². The number of rotatable bonds is 8. The lowest BCUT2D eigenvalue weighted by atomic mass is 10.2. The molecule has 0 heterocycles. The summed E-state index contributed by atoms with van der Waals surface area (Å²) in [5.41, 5.74) is 1.80. The van der Waals surface area contributed by atoms with E-state index in [1.165, 1.54) is 12.1 Å². The summed E-state index contributed by atoms with van der Waals surface area (Å²) in [5.74, 6) is 0.119. The summed E-state index contributed by atoms with van der Waals surface area (Å²) in [6.45, 7) is 0.937. The van der Waals surface area contributed by atoms with Crippen LogP contribution in [0, 0.1) is 5.82 Å². The number of sulfonamides is 1. The van der Waals surface area contributed by atoms with Gasteiger partial charge >= 0.3 is 0 Å². The highest BCUT2D eigenvalue weighted by Gasteiger charge is 2.10. The summed E-state index contributed by atoms with van der Waals surface area (Å²) in [7, 11) is -1.79. The Morgan fingerprint density at radius 3 is 2.22 bits per heavy atom. The Hall–Kier alpha value is -1.72. The fourth-order valence-corrected chi connectivity index (χ4v) is 3.08. The molecule has 0 saturated carbocycles. The monoisotopic (exact) mass is 506 g/mol. The predicted molar refractivity (Wildman–Crippen MR) is 117 cm³/mol. The molecule has 2 aromatic carbocycles. The predicted octanol–water partition coefficient (Wildman–Crippen LogP) is 2.23. The quantitative estimate of drug-likeness (QED) is 0.292. The van der Waals surface area contributed by atoms with E-state index >= 15 is 0 Å². The number of benzene rings is 2. The minimum Gasteiger partial charge on any atom is -0.355 e. The second-order valence-electron chi connectivity index (χ2n) is 5.60. The maximum Gasteiger partial charge on any atom is 0.213 e. The van der Waals surface area contributed by atoms with Crippen LogP contribution in [-0.2, 0) is 23.1 Å². The Kier molecular flexibility index (Phi) is 10.3. The van der Waals surface area contributed by atoms with Gasteiger partial charge in [-0.25, -0.2) is 17.5 Å². The molecule has 0 atom stereocenters. The molecular weight excluding hydrogens is 482 g/mol. The lowest BCUT2D eigenvalue weighted by molar-refractivity contribution is 0.580. The minimum atomic E-state index is -3.39. The molecule has 0 aliphatic heterocycles. The maximum absolute atomic E-state index is 12.9. The highest BCUT2D eigenvalue weighted by Crippen LogP contribution is 2.02. The highest BCUT2D eigenvalue weighted by atomic mass is 127. The van der Waals surface area contributed by atoms with Crippen molar-refractivity contribution in [3.8, 4) is 0 Å².